The second kappa shape index (κ2) is 13.3. The van der Waals surface area contributed by atoms with Gasteiger partial charge in [-0.25, -0.2) is 19.7 Å². The van der Waals surface area contributed by atoms with Gasteiger partial charge < -0.3 is 25.2 Å². The minimum Gasteiger partial charge on any atom is -0.488 e. The van der Waals surface area contributed by atoms with E-state index >= 15 is 0 Å². The first-order valence-electron chi connectivity index (χ1n) is 11.5. The van der Waals surface area contributed by atoms with E-state index < -0.39 is 12.1 Å². The Hall–Kier alpha value is -4.33. The third-order valence-electron chi connectivity index (χ3n) is 5.01. The van der Waals surface area contributed by atoms with Crippen molar-refractivity contribution in [1.29, 1.82) is 0 Å². The zero-order valence-corrected chi connectivity index (χ0v) is 20.2. The average molecular weight is 534 g/mol. The zero-order valence-electron chi connectivity index (χ0n) is 20.2. The van der Waals surface area contributed by atoms with Gasteiger partial charge in [-0.15, -0.1) is 0 Å². The number of pyridine rings is 2. The highest BCUT2D eigenvalue weighted by atomic mass is 19.4. The van der Waals surface area contributed by atoms with Crippen LogP contribution in [0.15, 0.2) is 49.2 Å². The summed E-state index contributed by atoms with van der Waals surface area (Å²) in [6.45, 7) is 4.18. The lowest BCUT2D eigenvalue weighted by Gasteiger charge is -2.23. The molecule has 3 aromatic heterocycles. The molecule has 0 radical (unpaired) electrons. The molecule has 1 amide bonds. The Morgan fingerprint density at radius 1 is 1.18 bits per heavy atom. The van der Waals surface area contributed by atoms with Gasteiger partial charge >= 0.3 is 12.1 Å². The van der Waals surface area contributed by atoms with Gasteiger partial charge in [-0.1, -0.05) is 0 Å². The maximum absolute atomic E-state index is 12.4. The van der Waals surface area contributed by atoms with E-state index in [1.54, 1.807) is 36.8 Å². The molecule has 0 aromatic carbocycles. The molecule has 202 valence electrons. The lowest BCUT2D eigenvalue weighted by molar-refractivity contribution is -0.192. The number of hydrogen-bond donors (Lipinski definition) is 3. The van der Waals surface area contributed by atoms with Crippen molar-refractivity contribution < 1.29 is 37.3 Å². The van der Waals surface area contributed by atoms with E-state index in [2.05, 4.69) is 30.6 Å². The van der Waals surface area contributed by atoms with E-state index in [4.69, 9.17) is 19.4 Å². The van der Waals surface area contributed by atoms with E-state index in [1.165, 1.54) is 12.4 Å². The molecule has 4 rings (SSSR count). The highest BCUT2D eigenvalue weighted by Crippen LogP contribution is 2.30. The smallest absolute Gasteiger partial charge is 0.488 e. The van der Waals surface area contributed by atoms with Crippen LogP contribution < -0.4 is 20.1 Å². The first kappa shape index (κ1) is 28.2. The van der Waals surface area contributed by atoms with Crippen molar-refractivity contribution >= 4 is 11.9 Å². The SMILES string of the molecule is CCOc1cccnc1Oc1cncc(-c2ncc(C(=O)N[C@H]3CCCNC3)cn2)c1.O=C(O)C(F)(F)F. The highest BCUT2D eigenvalue weighted by molar-refractivity contribution is 5.93. The van der Waals surface area contributed by atoms with Crippen LogP contribution in [0.1, 0.15) is 30.1 Å². The van der Waals surface area contributed by atoms with Gasteiger partial charge in [0.25, 0.3) is 11.8 Å². The number of carboxylic acid groups (broad SMARTS) is 1. The molecule has 0 aliphatic carbocycles. The van der Waals surface area contributed by atoms with E-state index in [0.29, 0.717) is 40.9 Å². The summed E-state index contributed by atoms with van der Waals surface area (Å²) in [5.41, 5.74) is 1.08. The topological polar surface area (TPSA) is 148 Å². The molecular formula is C24H25F3N6O5. The molecule has 0 bridgehead atoms. The Morgan fingerprint density at radius 3 is 2.55 bits per heavy atom. The minimum atomic E-state index is -5.08. The minimum absolute atomic E-state index is 0.132. The van der Waals surface area contributed by atoms with Gasteiger partial charge in [-0.2, -0.15) is 13.2 Å². The second-order valence-electron chi connectivity index (χ2n) is 7.87. The van der Waals surface area contributed by atoms with Gasteiger partial charge in [0.1, 0.15) is 5.75 Å². The average Bonchev–Trinajstić information content (AvgIpc) is 2.91. The summed E-state index contributed by atoms with van der Waals surface area (Å²) >= 11 is 0. The van der Waals surface area contributed by atoms with Crippen LogP contribution in [0.4, 0.5) is 13.2 Å². The van der Waals surface area contributed by atoms with Crippen molar-refractivity contribution in [2.75, 3.05) is 19.7 Å². The summed E-state index contributed by atoms with van der Waals surface area (Å²) < 4.78 is 43.1. The third kappa shape index (κ3) is 8.37. The summed E-state index contributed by atoms with van der Waals surface area (Å²) in [5, 5.41) is 13.4. The number of hydrogen-bond acceptors (Lipinski definition) is 9. The molecule has 0 spiro atoms. The number of piperidine rings is 1. The van der Waals surface area contributed by atoms with Gasteiger partial charge in [0.05, 0.1) is 18.4 Å². The van der Waals surface area contributed by atoms with Gasteiger partial charge in [0, 0.05) is 42.9 Å². The predicted octanol–water partition coefficient (Wildman–Crippen LogP) is 3.24. The lowest BCUT2D eigenvalue weighted by Crippen LogP contribution is -2.45. The van der Waals surface area contributed by atoms with Crippen LogP contribution in [0, 0.1) is 0 Å². The van der Waals surface area contributed by atoms with E-state index in [0.717, 1.165) is 25.9 Å². The number of rotatable bonds is 7. The fraction of sp³-hybridized carbons (Fsp3) is 0.333. The lowest BCUT2D eigenvalue weighted by atomic mass is 10.1. The Kier molecular flexibility index (Phi) is 9.87. The summed E-state index contributed by atoms with van der Waals surface area (Å²) in [6, 6.07) is 5.47. The molecule has 1 aliphatic rings. The number of amides is 1. The zero-order chi connectivity index (χ0) is 27.5. The standard InChI is InChI=1S/C22H24N6O3.C2HF3O2/c1-2-30-19-6-4-8-25-22(19)31-18-9-15(10-24-14-18)20-26-11-16(12-27-20)21(29)28-17-5-3-7-23-13-17;3-2(4,5)1(6)7/h4,6,8-12,14,17,23H,2-3,5,7,13H2,1H3,(H,28,29);(H,6,7)/t17-;/m0./s1. The molecule has 14 heteroatoms. The normalized spacial score (nSPS) is 15.0. The van der Waals surface area contributed by atoms with Crippen molar-refractivity contribution in [1.82, 2.24) is 30.6 Å². The van der Waals surface area contributed by atoms with Gasteiger partial charge in [-0.3, -0.25) is 9.78 Å². The van der Waals surface area contributed by atoms with Crippen molar-refractivity contribution in [2.45, 2.75) is 32.0 Å². The molecule has 1 saturated heterocycles. The van der Waals surface area contributed by atoms with Gasteiger partial charge in [0.15, 0.2) is 11.6 Å². The quantitative estimate of drug-likeness (QED) is 0.412. The summed E-state index contributed by atoms with van der Waals surface area (Å²) in [7, 11) is 0. The number of halogens is 3. The number of aliphatic carboxylic acids is 1. The fourth-order valence-corrected chi connectivity index (χ4v) is 3.26. The van der Waals surface area contributed by atoms with E-state index in [-0.39, 0.29) is 11.9 Å². The summed E-state index contributed by atoms with van der Waals surface area (Å²) in [6.07, 6.45) is 4.82. The number of ether oxygens (including phenoxy) is 2. The van der Waals surface area contributed by atoms with Crippen LogP contribution in [0.3, 0.4) is 0 Å². The van der Waals surface area contributed by atoms with Crippen LogP contribution in [0.5, 0.6) is 17.4 Å². The molecule has 38 heavy (non-hydrogen) atoms. The number of carboxylic acids is 1. The Balaban J connectivity index is 0.000000505. The highest BCUT2D eigenvalue weighted by Gasteiger charge is 2.38. The largest absolute Gasteiger partial charge is 0.490 e. The van der Waals surface area contributed by atoms with Gasteiger partial charge in [0.2, 0.25) is 0 Å². The van der Waals surface area contributed by atoms with Crippen molar-refractivity contribution in [2.24, 2.45) is 0 Å². The number of aromatic nitrogens is 4. The molecule has 3 aromatic rings. The van der Waals surface area contributed by atoms with E-state index in [9.17, 15) is 18.0 Å². The molecule has 11 nitrogen and oxygen atoms in total. The van der Waals surface area contributed by atoms with Crippen LogP contribution in [-0.4, -0.2) is 68.8 Å². The molecule has 4 heterocycles. The molecule has 1 fully saturated rings. The molecule has 1 aliphatic heterocycles. The van der Waals surface area contributed by atoms with Crippen LogP contribution >= 0.6 is 0 Å². The Labute approximate surface area is 215 Å². The Morgan fingerprint density at radius 2 is 1.92 bits per heavy atom. The fourth-order valence-electron chi connectivity index (χ4n) is 3.26. The second-order valence-corrected chi connectivity index (χ2v) is 7.87. The molecule has 0 unspecified atom stereocenters. The summed E-state index contributed by atoms with van der Waals surface area (Å²) in [4.78, 5) is 38.4. The third-order valence-corrected chi connectivity index (χ3v) is 5.01. The number of alkyl halides is 3. The number of nitrogens with zero attached hydrogens (tertiary/aromatic N) is 4. The summed E-state index contributed by atoms with van der Waals surface area (Å²) in [5.74, 6) is -1.10. The van der Waals surface area contributed by atoms with Crippen molar-refractivity contribution in [3.8, 4) is 28.8 Å². The maximum atomic E-state index is 12.4. The first-order chi connectivity index (χ1) is 18.2. The Bertz CT molecular complexity index is 1220. The first-order valence-corrected chi connectivity index (χ1v) is 11.5. The van der Waals surface area contributed by atoms with Crippen molar-refractivity contribution in [3.05, 3.63) is 54.7 Å². The number of carbonyl (C=O) groups is 2. The van der Waals surface area contributed by atoms with Crippen LogP contribution in [0.25, 0.3) is 11.4 Å². The molecular weight excluding hydrogens is 509 g/mol. The molecule has 1 atom stereocenters. The monoisotopic (exact) mass is 534 g/mol. The van der Waals surface area contributed by atoms with Crippen LogP contribution in [0.2, 0.25) is 0 Å². The van der Waals surface area contributed by atoms with Crippen molar-refractivity contribution in [3.63, 3.8) is 0 Å². The van der Waals surface area contributed by atoms with E-state index in [1.807, 2.05) is 6.92 Å². The maximum Gasteiger partial charge on any atom is 0.490 e. The number of nitrogens with one attached hydrogen (secondary N) is 2. The van der Waals surface area contributed by atoms with Crippen LogP contribution in [-0.2, 0) is 4.79 Å². The predicted molar refractivity (Wildman–Crippen MR) is 128 cm³/mol. The molecule has 0 saturated carbocycles. The van der Waals surface area contributed by atoms with Gasteiger partial charge in [-0.05, 0) is 44.5 Å². The number of carbonyl (C=O) groups excluding carboxylic acids is 1. The molecule has 3 N–H and O–H groups in total.